The van der Waals surface area contributed by atoms with E-state index in [9.17, 15) is 8.42 Å². The minimum atomic E-state index is -3.41. The molecule has 1 fully saturated rings. The number of piperidine rings is 1. The highest BCUT2D eigenvalue weighted by Crippen LogP contribution is 2.30. The van der Waals surface area contributed by atoms with Crippen molar-refractivity contribution < 1.29 is 8.42 Å². The first-order chi connectivity index (χ1) is 12.2. The molecule has 1 saturated heterocycles. The van der Waals surface area contributed by atoms with E-state index in [4.69, 9.17) is 4.98 Å². The molecule has 0 bridgehead atoms. The average Bonchev–Trinajstić information content (AvgIpc) is 2.87. The highest BCUT2D eigenvalue weighted by atomic mass is 32.2. The van der Waals surface area contributed by atoms with Gasteiger partial charge in [-0.1, -0.05) is 0 Å². The molecule has 2 aromatic heterocycles. The van der Waals surface area contributed by atoms with Crippen molar-refractivity contribution in [1.82, 2.24) is 28.4 Å². The molecule has 0 amide bonds. The number of rotatable bonds is 4. The van der Waals surface area contributed by atoms with Gasteiger partial charge in [-0.15, -0.1) is 0 Å². The summed E-state index contributed by atoms with van der Waals surface area (Å²) in [5.41, 5.74) is 4.57. The van der Waals surface area contributed by atoms with Crippen molar-refractivity contribution in [3.8, 4) is 11.3 Å². The second kappa shape index (κ2) is 7.05. The molecular weight excluding hydrogens is 352 g/mol. The molecule has 2 aromatic rings. The molecule has 0 aromatic carbocycles. The van der Waals surface area contributed by atoms with E-state index in [1.807, 2.05) is 25.6 Å². The topological polar surface area (TPSA) is 84.2 Å². The summed E-state index contributed by atoms with van der Waals surface area (Å²) in [6.45, 7) is 4.95. The van der Waals surface area contributed by atoms with Crippen LogP contribution in [0.3, 0.4) is 0 Å². The molecule has 26 heavy (non-hydrogen) atoms. The number of aryl methyl sites for hydroxylation is 2. The normalized spacial score (nSPS) is 19.2. The van der Waals surface area contributed by atoms with Crippen LogP contribution in [0.2, 0.25) is 0 Å². The zero-order chi connectivity index (χ0) is 19.1. The maximum absolute atomic E-state index is 12.4. The van der Waals surface area contributed by atoms with Gasteiger partial charge in [0.1, 0.15) is 0 Å². The lowest BCUT2D eigenvalue weighted by Gasteiger charge is -2.33. The van der Waals surface area contributed by atoms with E-state index in [0.29, 0.717) is 13.1 Å². The second-order valence-corrected chi connectivity index (χ2v) is 9.13. The molecule has 0 radical (unpaired) electrons. The predicted octanol–water partition coefficient (Wildman–Crippen LogP) is 1.48. The fraction of sp³-hybridized carbons (Fsp3) is 0.588. The molecule has 8 nitrogen and oxygen atoms in total. The summed E-state index contributed by atoms with van der Waals surface area (Å²) in [5.74, 6) is 0.0446. The fourth-order valence-corrected chi connectivity index (χ4v) is 4.66. The highest BCUT2D eigenvalue weighted by Gasteiger charge is 2.32. The van der Waals surface area contributed by atoms with Crippen LogP contribution >= 0.6 is 0 Å². The molecule has 0 N–H and O–H groups in total. The summed E-state index contributed by atoms with van der Waals surface area (Å²) in [4.78, 5) is 9.18. The van der Waals surface area contributed by atoms with Gasteiger partial charge in [0.05, 0.1) is 23.3 Å². The molecule has 1 aliphatic heterocycles. The van der Waals surface area contributed by atoms with Crippen molar-refractivity contribution in [3.05, 3.63) is 29.5 Å². The van der Waals surface area contributed by atoms with Crippen molar-refractivity contribution in [3.63, 3.8) is 0 Å². The van der Waals surface area contributed by atoms with E-state index < -0.39 is 10.2 Å². The summed E-state index contributed by atoms with van der Waals surface area (Å²) in [7, 11) is 1.63. The molecule has 9 heteroatoms. The van der Waals surface area contributed by atoms with Gasteiger partial charge in [0.25, 0.3) is 10.2 Å². The van der Waals surface area contributed by atoms with E-state index in [1.54, 1.807) is 26.5 Å². The summed E-state index contributed by atoms with van der Waals surface area (Å²) >= 11 is 0. The van der Waals surface area contributed by atoms with Gasteiger partial charge in [-0.25, -0.2) is 4.98 Å². The van der Waals surface area contributed by atoms with Crippen LogP contribution in [0.15, 0.2) is 12.4 Å². The Morgan fingerprint density at radius 2 is 1.96 bits per heavy atom. The van der Waals surface area contributed by atoms with E-state index in [0.717, 1.165) is 41.2 Å². The van der Waals surface area contributed by atoms with Crippen molar-refractivity contribution in [2.45, 2.75) is 32.6 Å². The van der Waals surface area contributed by atoms with E-state index >= 15 is 0 Å². The Hall–Kier alpha value is -1.84. The Labute approximate surface area is 155 Å². The zero-order valence-corrected chi connectivity index (χ0v) is 16.8. The van der Waals surface area contributed by atoms with Gasteiger partial charge in [-0.2, -0.15) is 22.1 Å². The summed E-state index contributed by atoms with van der Waals surface area (Å²) in [5, 5.41) is 4.45. The minimum Gasteiger partial charge on any atom is -0.272 e. The van der Waals surface area contributed by atoms with Gasteiger partial charge in [-0.05, 0) is 26.7 Å². The van der Waals surface area contributed by atoms with Crippen molar-refractivity contribution >= 4 is 10.2 Å². The van der Waals surface area contributed by atoms with Crippen molar-refractivity contribution in [2.24, 2.45) is 7.05 Å². The SMILES string of the molecule is Cc1nn(C)c(C)c1-c1cncc([C@H]2CCCN(S(=O)(=O)N(C)C)C2)n1. The molecule has 142 valence electrons. The maximum Gasteiger partial charge on any atom is 0.281 e. The van der Waals surface area contributed by atoms with Crippen LogP contribution in [0, 0.1) is 13.8 Å². The summed E-state index contributed by atoms with van der Waals surface area (Å²) in [6.07, 6.45) is 5.22. The zero-order valence-electron chi connectivity index (χ0n) is 16.0. The molecule has 0 spiro atoms. The number of hydrogen-bond donors (Lipinski definition) is 0. The number of nitrogens with zero attached hydrogens (tertiary/aromatic N) is 6. The van der Waals surface area contributed by atoms with Gasteiger partial charge in [0.2, 0.25) is 0 Å². The third-order valence-corrected chi connectivity index (χ3v) is 6.92. The minimum absolute atomic E-state index is 0.0446. The quantitative estimate of drug-likeness (QED) is 0.805. The van der Waals surface area contributed by atoms with Crippen molar-refractivity contribution in [2.75, 3.05) is 27.2 Å². The lowest BCUT2D eigenvalue weighted by atomic mass is 9.96. The third kappa shape index (κ3) is 3.38. The average molecular weight is 379 g/mol. The Kier molecular flexibility index (Phi) is 5.14. The Balaban J connectivity index is 1.91. The van der Waals surface area contributed by atoms with Crippen molar-refractivity contribution in [1.29, 1.82) is 0 Å². The fourth-order valence-electron chi connectivity index (χ4n) is 3.47. The summed E-state index contributed by atoms with van der Waals surface area (Å²) < 4.78 is 29.5. The van der Waals surface area contributed by atoms with Gasteiger partial charge < -0.3 is 0 Å². The van der Waals surface area contributed by atoms with Gasteiger partial charge in [0.15, 0.2) is 0 Å². The Morgan fingerprint density at radius 3 is 2.58 bits per heavy atom. The van der Waals surface area contributed by atoms with Crippen LogP contribution in [0.4, 0.5) is 0 Å². The van der Waals surface area contributed by atoms with Crippen LogP contribution in [0.25, 0.3) is 11.3 Å². The van der Waals surface area contributed by atoms with Crippen LogP contribution in [-0.2, 0) is 17.3 Å². The largest absolute Gasteiger partial charge is 0.281 e. The second-order valence-electron chi connectivity index (χ2n) is 6.99. The predicted molar refractivity (Wildman–Crippen MR) is 99.9 cm³/mol. The van der Waals surface area contributed by atoms with Crippen LogP contribution < -0.4 is 0 Å². The molecular formula is C17H26N6O2S. The van der Waals surface area contributed by atoms with E-state index in [1.165, 1.54) is 8.61 Å². The maximum atomic E-state index is 12.4. The Bertz CT molecular complexity index is 906. The highest BCUT2D eigenvalue weighted by molar-refractivity contribution is 7.86. The molecule has 1 atom stereocenters. The number of hydrogen-bond acceptors (Lipinski definition) is 5. The van der Waals surface area contributed by atoms with Crippen LogP contribution in [-0.4, -0.2) is 64.0 Å². The molecule has 3 heterocycles. The van der Waals surface area contributed by atoms with Gasteiger partial charge in [-0.3, -0.25) is 9.67 Å². The van der Waals surface area contributed by atoms with Gasteiger partial charge in [0, 0.05) is 57.6 Å². The molecule has 0 unspecified atom stereocenters. The molecule has 1 aliphatic rings. The standard InChI is InChI=1S/C17H26N6O2S/c1-12-17(13(2)22(5)20-12)16-10-18-9-15(19-16)14-7-6-8-23(11-14)26(24,25)21(3)4/h9-10,14H,6-8,11H2,1-5H3/t14-/m0/s1. The first-order valence-electron chi connectivity index (χ1n) is 8.72. The lowest BCUT2D eigenvalue weighted by molar-refractivity contribution is 0.296. The molecule has 0 saturated carbocycles. The Morgan fingerprint density at radius 1 is 1.23 bits per heavy atom. The third-order valence-electron chi connectivity index (χ3n) is 5.01. The van der Waals surface area contributed by atoms with Crippen LogP contribution in [0.1, 0.15) is 35.8 Å². The first-order valence-corrected chi connectivity index (χ1v) is 10.1. The first kappa shape index (κ1) is 18.9. The monoisotopic (exact) mass is 378 g/mol. The van der Waals surface area contributed by atoms with Crippen LogP contribution in [0.5, 0.6) is 0 Å². The summed E-state index contributed by atoms with van der Waals surface area (Å²) in [6, 6.07) is 0. The number of aromatic nitrogens is 4. The van der Waals surface area contributed by atoms with E-state index in [-0.39, 0.29) is 5.92 Å². The lowest BCUT2D eigenvalue weighted by Crippen LogP contribution is -2.45. The molecule has 0 aliphatic carbocycles. The molecule has 3 rings (SSSR count). The van der Waals surface area contributed by atoms with E-state index in [2.05, 4.69) is 10.1 Å². The smallest absolute Gasteiger partial charge is 0.272 e. The van der Waals surface area contributed by atoms with Gasteiger partial charge >= 0.3 is 0 Å².